The van der Waals surface area contributed by atoms with Crippen LogP contribution in [-0.2, 0) is 24.1 Å². The van der Waals surface area contributed by atoms with E-state index >= 15 is 0 Å². The molecular formula is C19H24FN3O2. The van der Waals surface area contributed by atoms with E-state index in [2.05, 4.69) is 10.2 Å². The Morgan fingerprint density at radius 2 is 2.16 bits per heavy atom. The first-order valence-electron chi connectivity index (χ1n) is 8.51. The van der Waals surface area contributed by atoms with Crippen LogP contribution in [0.15, 0.2) is 18.2 Å². The van der Waals surface area contributed by atoms with Crippen molar-refractivity contribution in [2.75, 3.05) is 6.54 Å². The van der Waals surface area contributed by atoms with Crippen LogP contribution in [0.4, 0.5) is 9.18 Å². The molecule has 5 nitrogen and oxygen atoms in total. The van der Waals surface area contributed by atoms with Crippen LogP contribution in [0.25, 0.3) is 0 Å². The van der Waals surface area contributed by atoms with Crippen LogP contribution in [0.2, 0.25) is 0 Å². The lowest BCUT2D eigenvalue weighted by molar-refractivity contribution is 0.0221. The smallest absolute Gasteiger partial charge is 0.410 e. The van der Waals surface area contributed by atoms with Gasteiger partial charge in [-0.25, -0.2) is 9.18 Å². The molecule has 25 heavy (non-hydrogen) atoms. The van der Waals surface area contributed by atoms with Gasteiger partial charge in [0, 0.05) is 18.5 Å². The minimum Gasteiger partial charge on any atom is -0.444 e. The molecule has 1 aliphatic heterocycles. The maximum Gasteiger partial charge on any atom is 0.410 e. The highest BCUT2D eigenvalue weighted by Gasteiger charge is 2.28. The van der Waals surface area contributed by atoms with E-state index in [1.54, 1.807) is 11.0 Å². The largest absolute Gasteiger partial charge is 0.444 e. The van der Waals surface area contributed by atoms with Gasteiger partial charge in [-0.3, -0.25) is 5.10 Å². The molecule has 2 aromatic rings. The molecule has 0 saturated carbocycles. The van der Waals surface area contributed by atoms with E-state index in [4.69, 9.17) is 4.74 Å². The van der Waals surface area contributed by atoms with Gasteiger partial charge in [-0.15, -0.1) is 0 Å². The number of ether oxygens (including phenoxy) is 1. The predicted octanol–water partition coefficient (Wildman–Crippen LogP) is 3.74. The molecule has 2 heterocycles. The molecule has 0 bridgehead atoms. The molecule has 1 aromatic heterocycles. The van der Waals surface area contributed by atoms with Crippen molar-refractivity contribution in [1.82, 2.24) is 15.1 Å². The molecule has 6 heteroatoms. The maximum absolute atomic E-state index is 13.3. The fourth-order valence-corrected chi connectivity index (χ4v) is 3.05. The Bertz CT molecular complexity index is 792. The third-order valence-corrected chi connectivity index (χ3v) is 4.33. The number of halogens is 1. The molecule has 0 atom stereocenters. The number of nitrogens with one attached hydrogen (secondary N) is 1. The fourth-order valence-electron chi connectivity index (χ4n) is 3.05. The molecule has 0 spiro atoms. The Kier molecular flexibility index (Phi) is 4.54. The van der Waals surface area contributed by atoms with Crippen LogP contribution >= 0.6 is 0 Å². The van der Waals surface area contributed by atoms with E-state index in [-0.39, 0.29) is 11.9 Å². The molecular weight excluding hydrogens is 321 g/mol. The highest BCUT2D eigenvalue weighted by Crippen LogP contribution is 2.24. The van der Waals surface area contributed by atoms with Gasteiger partial charge in [0.25, 0.3) is 0 Å². The lowest BCUT2D eigenvalue weighted by Gasteiger charge is -2.29. The second-order valence-electron chi connectivity index (χ2n) is 7.53. The van der Waals surface area contributed by atoms with Gasteiger partial charge < -0.3 is 9.64 Å². The Balaban J connectivity index is 1.73. The topological polar surface area (TPSA) is 58.2 Å². The van der Waals surface area contributed by atoms with E-state index in [0.717, 1.165) is 34.5 Å². The summed E-state index contributed by atoms with van der Waals surface area (Å²) in [7, 11) is 0. The van der Waals surface area contributed by atoms with E-state index < -0.39 is 5.60 Å². The van der Waals surface area contributed by atoms with Crippen molar-refractivity contribution in [3.8, 4) is 0 Å². The highest BCUT2D eigenvalue weighted by molar-refractivity contribution is 5.68. The minimum absolute atomic E-state index is 0.224. The first kappa shape index (κ1) is 17.5. The quantitative estimate of drug-likeness (QED) is 0.902. The first-order chi connectivity index (χ1) is 11.7. The van der Waals surface area contributed by atoms with Crippen molar-refractivity contribution < 1.29 is 13.9 Å². The van der Waals surface area contributed by atoms with E-state index in [0.29, 0.717) is 19.5 Å². The number of nitrogens with zero attached hydrogens (tertiary/aromatic N) is 2. The number of hydrogen-bond donors (Lipinski definition) is 1. The number of benzene rings is 1. The Morgan fingerprint density at radius 3 is 2.84 bits per heavy atom. The summed E-state index contributed by atoms with van der Waals surface area (Å²) in [5.41, 5.74) is 4.55. The molecule has 0 fully saturated rings. The lowest BCUT2D eigenvalue weighted by atomic mass is 9.98. The molecule has 0 radical (unpaired) electrons. The third-order valence-electron chi connectivity index (χ3n) is 4.33. The van der Waals surface area contributed by atoms with Crippen molar-refractivity contribution in [2.45, 2.75) is 52.7 Å². The summed E-state index contributed by atoms with van der Waals surface area (Å²) in [5.74, 6) is -0.224. The van der Waals surface area contributed by atoms with Gasteiger partial charge in [0.15, 0.2) is 0 Å². The number of H-pyrrole nitrogens is 1. The third kappa shape index (κ3) is 4.00. The molecule has 134 valence electrons. The van der Waals surface area contributed by atoms with Crippen LogP contribution in [0.1, 0.15) is 48.8 Å². The van der Waals surface area contributed by atoms with Gasteiger partial charge in [-0.05, 0) is 57.4 Å². The van der Waals surface area contributed by atoms with Crippen molar-refractivity contribution in [3.05, 3.63) is 52.1 Å². The minimum atomic E-state index is -0.503. The number of fused-ring (bicyclic) bond motifs is 1. The van der Waals surface area contributed by atoms with Crippen molar-refractivity contribution in [1.29, 1.82) is 0 Å². The number of amides is 1. The first-order valence-corrected chi connectivity index (χ1v) is 8.51. The molecule has 0 saturated heterocycles. The van der Waals surface area contributed by atoms with Crippen LogP contribution in [0.3, 0.4) is 0 Å². The van der Waals surface area contributed by atoms with Gasteiger partial charge in [0.1, 0.15) is 11.4 Å². The molecule has 0 unspecified atom stereocenters. The van der Waals surface area contributed by atoms with Crippen LogP contribution in [0.5, 0.6) is 0 Å². The Labute approximate surface area is 147 Å². The molecule has 3 rings (SSSR count). The second kappa shape index (κ2) is 6.50. The van der Waals surface area contributed by atoms with Crippen molar-refractivity contribution in [2.24, 2.45) is 0 Å². The summed E-state index contributed by atoms with van der Waals surface area (Å²) in [6, 6.07) is 4.83. The second-order valence-corrected chi connectivity index (χ2v) is 7.53. The van der Waals surface area contributed by atoms with E-state index in [9.17, 15) is 9.18 Å². The SMILES string of the molecule is Cc1cc(F)ccc1Cc1n[nH]c2c1CCN(C(=O)OC(C)(C)C)C2. The van der Waals surface area contributed by atoms with E-state index in [1.165, 1.54) is 6.07 Å². The van der Waals surface area contributed by atoms with Crippen LogP contribution in [-0.4, -0.2) is 33.3 Å². The predicted molar refractivity (Wildman–Crippen MR) is 92.9 cm³/mol. The van der Waals surface area contributed by atoms with Gasteiger partial charge in [0.2, 0.25) is 0 Å². The molecule has 1 aromatic carbocycles. The number of carbonyl (C=O) groups excluding carboxylic acids is 1. The summed E-state index contributed by atoms with van der Waals surface area (Å²) in [6.07, 6.45) is 1.09. The summed E-state index contributed by atoms with van der Waals surface area (Å²) >= 11 is 0. The van der Waals surface area contributed by atoms with Crippen molar-refractivity contribution >= 4 is 6.09 Å². The fraction of sp³-hybridized carbons (Fsp3) is 0.474. The normalized spacial score (nSPS) is 14.4. The molecule has 1 aliphatic rings. The Morgan fingerprint density at radius 1 is 1.40 bits per heavy atom. The number of rotatable bonds is 2. The number of carbonyl (C=O) groups is 1. The molecule has 1 N–H and O–H groups in total. The van der Waals surface area contributed by atoms with Crippen molar-refractivity contribution in [3.63, 3.8) is 0 Å². The summed E-state index contributed by atoms with van der Waals surface area (Å²) in [6.45, 7) is 8.57. The average Bonchev–Trinajstić information content (AvgIpc) is 2.90. The Hall–Kier alpha value is -2.37. The van der Waals surface area contributed by atoms with Crippen LogP contribution in [0, 0.1) is 12.7 Å². The van der Waals surface area contributed by atoms with Gasteiger partial charge in [-0.2, -0.15) is 5.10 Å². The van der Waals surface area contributed by atoms with E-state index in [1.807, 2.05) is 33.8 Å². The maximum atomic E-state index is 13.3. The van der Waals surface area contributed by atoms with Crippen LogP contribution < -0.4 is 0 Å². The summed E-state index contributed by atoms with van der Waals surface area (Å²) < 4.78 is 18.7. The molecule has 1 amide bonds. The van der Waals surface area contributed by atoms with Gasteiger partial charge in [-0.1, -0.05) is 6.07 Å². The zero-order valence-corrected chi connectivity index (χ0v) is 15.1. The lowest BCUT2D eigenvalue weighted by Crippen LogP contribution is -2.40. The van der Waals surface area contributed by atoms with Gasteiger partial charge >= 0.3 is 6.09 Å². The highest BCUT2D eigenvalue weighted by atomic mass is 19.1. The number of hydrogen-bond acceptors (Lipinski definition) is 3. The number of aryl methyl sites for hydroxylation is 1. The number of aromatic nitrogens is 2. The monoisotopic (exact) mass is 345 g/mol. The van der Waals surface area contributed by atoms with Gasteiger partial charge in [0.05, 0.1) is 17.9 Å². The summed E-state index contributed by atoms with van der Waals surface area (Å²) in [5, 5.41) is 7.48. The zero-order chi connectivity index (χ0) is 18.2. The average molecular weight is 345 g/mol. The zero-order valence-electron chi connectivity index (χ0n) is 15.1. The number of aromatic amines is 1. The molecule has 0 aliphatic carbocycles. The summed E-state index contributed by atoms with van der Waals surface area (Å²) in [4.78, 5) is 13.9. The standard InChI is InChI=1S/C19H24FN3O2/c1-12-9-14(20)6-5-13(12)10-16-15-7-8-23(11-17(15)22-21-16)18(24)25-19(2,3)4/h5-6,9H,7-8,10-11H2,1-4H3,(H,21,22).